The molecule has 0 unspecified atom stereocenters. The Labute approximate surface area is 170 Å². The van der Waals surface area contributed by atoms with Crippen LogP contribution in [0.3, 0.4) is 0 Å². The van der Waals surface area contributed by atoms with Gasteiger partial charge in [0, 0.05) is 18.5 Å². The largest absolute Gasteiger partial charge is 0.493 e. The Bertz CT molecular complexity index is 935. The number of benzene rings is 2. The second-order valence-electron chi connectivity index (χ2n) is 6.92. The van der Waals surface area contributed by atoms with Crippen LogP contribution in [0.4, 0.5) is 4.79 Å². The second kappa shape index (κ2) is 9.34. The number of rotatable bonds is 8. The summed E-state index contributed by atoms with van der Waals surface area (Å²) in [5.74, 6) is 2.10. The number of urea groups is 1. The Morgan fingerprint density at radius 1 is 1.03 bits per heavy atom. The zero-order valence-corrected chi connectivity index (χ0v) is 17.2. The number of carbonyl (C=O) groups is 1. The smallest absolute Gasteiger partial charge is 0.315 e. The molecule has 2 N–H and O–H groups in total. The molecule has 2 amide bonds. The quantitative estimate of drug-likeness (QED) is 0.608. The number of carbonyl (C=O) groups excluding carboxylic acids is 1. The van der Waals surface area contributed by atoms with Gasteiger partial charge >= 0.3 is 6.03 Å². The number of hydrogen-bond acceptors (Lipinski definition) is 5. The van der Waals surface area contributed by atoms with Gasteiger partial charge in [0.1, 0.15) is 11.3 Å². The van der Waals surface area contributed by atoms with Crippen LogP contribution >= 0.6 is 0 Å². The van der Waals surface area contributed by atoms with Crippen molar-refractivity contribution in [1.82, 2.24) is 15.5 Å². The van der Waals surface area contributed by atoms with Gasteiger partial charge in [0.2, 0.25) is 0 Å². The first-order valence-corrected chi connectivity index (χ1v) is 9.39. The summed E-state index contributed by atoms with van der Waals surface area (Å²) in [5, 5.41) is 6.83. The fourth-order valence-electron chi connectivity index (χ4n) is 3.13. The van der Waals surface area contributed by atoms with Crippen LogP contribution in [0.1, 0.15) is 17.4 Å². The van der Waals surface area contributed by atoms with Gasteiger partial charge in [-0.05, 0) is 43.9 Å². The predicted molar refractivity (Wildman–Crippen MR) is 112 cm³/mol. The van der Waals surface area contributed by atoms with Crippen LogP contribution in [0.15, 0.2) is 52.9 Å². The predicted octanol–water partition coefficient (Wildman–Crippen LogP) is 3.55. The summed E-state index contributed by atoms with van der Waals surface area (Å²) < 4.78 is 16.5. The van der Waals surface area contributed by atoms with Gasteiger partial charge in [-0.25, -0.2) is 4.79 Å². The molecule has 3 aromatic rings. The van der Waals surface area contributed by atoms with E-state index in [2.05, 4.69) is 10.6 Å². The first kappa shape index (κ1) is 20.5. The molecule has 7 nitrogen and oxygen atoms in total. The maximum atomic E-state index is 12.3. The number of hydrogen-bond donors (Lipinski definition) is 2. The minimum atomic E-state index is -0.247. The van der Waals surface area contributed by atoms with Crippen LogP contribution in [0.2, 0.25) is 0 Å². The molecule has 0 aliphatic rings. The molecular weight excluding hydrogens is 370 g/mol. The molecule has 0 aliphatic heterocycles. The summed E-state index contributed by atoms with van der Waals surface area (Å²) in [5.41, 5.74) is 1.76. The van der Waals surface area contributed by atoms with Crippen LogP contribution in [-0.2, 0) is 6.54 Å². The lowest BCUT2D eigenvalue weighted by Gasteiger charge is -2.22. The molecule has 1 heterocycles. The monoisotopic (exact) mass is 397 g/mol. The molecule has 1 atom stereocenters. The van der Waals surface area contributed by atoms with E-state index in [-0.39, 0.29) is 12.1 Å². The van der Waals surface area contributed by atoms with Crippen LogP contribution in [0, 0.1) is 0 Å². The van der Waals surface area contributed by atoms with E-state index >= 15 is 0 Å². The zero-order chi connectivity index (χ0) is 20.8. The van der Waals surface area contributed by atoms with Gasteiger partial charge < -0.3 is 24.5 Å². The molecule has 0 fully saturated rings. The van der Waals surface area contributed by atoms with Crippen LogP contribution in [0.5, 0.6) is 11.5 Å². The third-order valence-electron chi connectivity index (χ3n) is 4.75. The highest BCUT2D eigenvalue weighted by molar-refractivity contribution is 5.78. The van der Waals surface area contributed by atoms with Gasteiger partial charge in [0.15, 0.2) is 11.5 Å². The van der Waals surface area contributed by atoms with Crippen molar-refractivity contribution in [3.63, 3.8) is 0 Å². The topological polar surface area (TPSA) is 76.0 Å². The molecule has 0 radical (unpaired) electrons. The minimum absolute atomic E-state index is 0.0748. The van der Waals surface area contributed by atoms with E-state index in [1.807, 2.05) is 67.5 Å². The molecule has 7 heteroatoms. The van der Waals surface area contributed by atoms with E-state index < -0.39 is 0 Å². The van der Waals surface area contributed by atoms with E-state index in [1.165, 1.54) is 0 Å². The Morgan fingerprint density at radius 3 is 2.48 bits per heavy atom. The van der Waals surface area contributed by atoms with E-state index in [0.717, 1.165) is 22.3 Å². The van der Waals surface area contributed by atoms with Crippen molar-refractivity contribution >= 4 is 17.0 Å². The maximum Gasteiger partial charge on any atom is 0.315 e. The highest BCUT2D eigenvalue weighted by Gasteiger charge is 2.19. The van der Waals surface area contributed by atoms with Crippen molar-refractivity contribution < 1.29 is 18.7 Å². The highest BCUT2D eigenvalue weighted by atomic mass is 16.5. The van der Waals surface area contributed by atoms with E-state index in [4.69, 9.17) is 13.9 Å². The molecule has 0 saturated heterocycles. The highest BCUT2D eigenvalue weighted by Crippen LogP contribution is 2.28. The van der Waals surface area contributed by atoms with E-state index in [9.17, 15) is 4.79 Å². The average Bonchev–Trinajstić information content (AvgIpc) is 3.15. The average molecular weight is 397 g/mol. The number of para-hydroxylation sites is 1. The fraction of sp³-hybridized carbons (Fsp3) is 0.318. The minimum Gasteiger partial charge on any atom is -0.493 e. The van der Waals surface area contributed by atoms with Crippen LogP contribution < -0.4 is 20.1 Å². The number of fused-ring (bicyclic) bond motifs is 1. The van der Waals surface area contributed by atoms with Crippen molar-refractivity contribution in [2.75, 3.05) is 34.9 Å². The summed E-state index contributed by atoms with van der Waals surface area (Å²) in [6.45, 7) is 0.800. The third kappa shape index (κ3) is 5.00. The lowest BCUT2D eigenvalue weighted by atomic mass is 10.2. The van der Waals surface area contributed by atoms with Gasteiger partial charge in [-0.2, -0.15) is 0 Å². The molecule has 0 saturated carbocycles. The molecule has 1 aromatic heterocycles. The van der Waals surface area contributed by atoms with Gasteiger partial charge in [-0.3, -0.25) is 4.90 Å². The molecule has 154 valence electrons. The second-order valence-corrected chi connectivity index (χ2v) is 6.92. The Morgan fingerprint density at radius 2 is 1.79 bits per heavy atom. The zero-order valence-electron chi connectivity index (χ0n) is 17.2. The molecule has 2 aromatic carbocycles. The number of amides is 2. The Kier molecular flexibility index (Phi) is 6.61. The standard InChI is InChI=1S/C22H27N3O4/c1-25(2)17(20-12-16-7-5-6-8-18(16)29-20)14-24-22(26)23-13-15-9-10-19(27-3)21(11-15)28-4/h5-12,17H,13-14H2,1-4H3,(H2,23,24,26)/t17-/m0/s1. The molecule has 0 spiro atoms. The summed E-state index contributed by atoms with van der Waals surface area (Å²) in [4.78, 5) is 14.3. The van der Waals surface area contributed by atoms with Crippen molar-refractivity contribution in [3.8, 4) is 11.5 Å². The normalized spacial score (nSPS) is 12.0. The van der Waals surface area contributed by atoms with Gasteiger partial charge in [0.25, 0.3) is 0 Å². The van der Waals surface area contributed by atoms with Crippen molar-refractivity contribution in [3.05, 3.63) is 59.9 Å². The number of likely N-dealkylation sites (N-methyl/N-ethyl adjacent to an activating group) is 1. The number of furan rings is 1. The SMILES string of the molecule is COc1ccc(CNC(=O)NC[C@@H](c2cc3ccccc3o2)N(C)C)cc1OC. The van der Waals surface area contributed by atoms with Gasteiger partial charge in [-0.15, -0.1) is 0 Å². The number of ether oxygens (including phenoxy) is 2. The maximum absolute atomic E-state index is 12.3. The van der Waals surface area contributed by atoms with Crippen molar-refractivity contribution in [2.45, 2.75) is 12.6 Å². The summed E-state index contributed by atoms with van der Waals surface area (Å²) in [7, 11) is 7.09. The summed E-state index contributed by atoms with van der Waals surface area (Å²) in [6, 6.07) is 15.1. The van der Waals surface area contributed by atoms with E-state index in [0.29, 0.717) is 24.6 Å². The Hall–Kier alpha value is -3.19. The number of methoxy groups -OCH3 is 2. The lowest BCUT2D eigenvalue weighted by Crippen LogP contribution is -2.40. The molecule has 0 bridgehead atoms. The number of nitrogens with one attached hydrogen (secondary N) is 2. The van der Waals surface area contributed by atoms with Crippen molar-refractivity contribution in [2.24, 2.45) is 0 Å². The van der Waals surface area contributed by atoms with E-state index in [1.54, 1.807) is 14.2 Å². The molecule has 0 aliphatic carbocycles. The molecule has 29 heavy (non-hydrogen) atoms. The fourth-order valence-corrected chi connectivity index (χ4v) is 3.13. The first-order chi connectivity index (χ1) is 14.0. The third-order valence-corrected chi connectivity index (χ3v) is 4.75. The van der Waals surface area contributed by atoms with Crippen LogP contribution in [-0.4, -0.2) is 45.8 Å². The molecule has 3 rings (SSSR count). The van der Waals surface area contributed by atoms with Gasteiger partial charge in [0.05, 0.1) is 20.3 Å². The molecular formula is C22H27N3O4. The van der Waals surface area contributed by atoms with Crippen molar-refractivity contribution in [1.29, 1.82) is 0 Å². The lowest BCUT2D eigenvalue weighted by molar-refractivity contribution is 0.226. The number of nitrogens with zero attached hydrogens (tertiary/aromatic N) is 1. The Balaban J connectivity index is 1.58. The summed E-state index contributed by atoms with van der Waals surface area (Å²) >= 11 is 0. The van der Waals surface area contributed by atoms with Gasteiger partial charge in [-0.1, -0.05) is 24.3 Å². The summed E-state index contributed by atoms with van der Waals surface area (Å²) in [6.07, 6.45) is 0. The van der Waals surface area contributed by atoms with Crippen LogP contribution in [0.25, 0.3) is 11.0 Å². The first-order valence-electron chi connectivity index (χ1n) is 9.39.